The molecule has 0 amide bonds. The molecule has 2 saturated heterocycles. The fraction of sp³-hybridized carbons (Fsp3) is 0.810. The molecule has 0 bridgehead atoms. The number of aliphatic hydroxyl groups excluding tert-OH is 1. The Morgan fingerprint density at radius 1 is 1.03 bits per heavy atom. The van der Waals surface area contributed by atoms with Crippen molar-refractivity contribution in [1.29, 1.82) is 0 Å². The lowest BCUT2D eigenvalue weighted by Crippen LogP contribution is -2.36. The maximum atomic E-state index is 11.3. The van der Waals surface area contributed by atoms with Crippen LogP contribution in [-0.4, -0.2) is 53.2 Å². The van der Waals surface area contributed by atoms with Crippen LogP contribution >= 0.6 is 0 Å². The van der Waals surface area contributed by atoms with Crippen molar-refractivity contribution in [1.82, 2.24) is 0 Å². The van der Waals surface area contributed by atoms with Crippen molar-refractivity contribution in [3.05, 3.63) is 0 Å². The summed E-state index contributed by atoms with van der Waals surface area (Å²) in [5.41, 5.74) is 0. The predicted octanol–water partition coefficient (Wildman–Crippen LogP) is 2.58. The van der Waals surface area contributed by atoms with Crippen molar-refractivity contribution in [3.63, 3.8) is 0 Å². The molecule has 4 atom stereocenters. The number of ether oxygens (including phenoxy) is 3. The molecule has 2 aliphatic rings. The van der Waals surface area contributed by atoms with Crippen molar-refractivity contribution < 1.29 is 38.5 Å². The molecule has 4 unspecified atom stereocenters. The zero-order valence-corrected chi connectivity index (χ0v) is 18.6. The van der Waals surface area contributed by atoms with E-state index >= 15 is 0 Å². The van der Waals surface area contributed by atoms with Crippen LogP contribution in [-0.2, 0) is 33.4 Å². The number of Topliss-reactive ketones (excluding diaryl/α,β-unsaturated/α-hetero) is 1. The summed E-state index contributed by atoms with van der Waals surface area (Å²) in [5.74, 6) is 0.0224. The van der Waals surface area contributed by atoms with Gasteiger partial charge in [0.05, 0.1) is 25.4 Å². The lowest BCUT2D eigenvalue weighted by molar-refractivity contribution is -0.173. The van der Waals surface area contributed by atoms with E-state index in [9.17, 15) is 19.2 Å². The van der Waals surface area contributed by atoms with E-state index in [0.717, 1.165) is 0 Å². The van der Waals surface area contributed by atoms with Crippen LogP contribution in [0, 0.1) is 11.8 Å². The van der Waals surface area contributed by atoms with E-state index in [1.807, 2.05) is 20.8 Å². The number of rotatable bonds is 7. The minimum absolute atomic E-state index is 0.00135. The number of hydrogen-bond donors (Lipinski definition) is 1. The summed E-state index contributed by atoms with van der Waals surface area (Å²) in [6.07, 6.45) is 0.763. The van der Waals surface area contributed by atoms with E-state index in [4.69, 9.17) is 14.6 Å². The monoisotopic (exact) mass is 416 g/mol. The first kappa shape index (κ1) is 27.0. The van der Waals surface area contributed by atoms with Crippen molar-refractivity contribution in [2.24, 2.45) is 11.8 Å². The Labute approximate surface area is 173 Å². The summed E-state index contributed by atoms with van der Waals surface area (Å²) in [4.78, 5) is 42.3. The van der Waals surface area contributed by atoms with E-state index in [2.05, 4.69) is 18.6 Å². The Hall–Kier alpha value is -1.96. The van der Waals surface area contributed by atoms with Crippen molar-refractivity contribution in [2.75, 3.05) is 0 Å². The van der Waals surface area contributed by atoms with Gasteiger partial charge in [-0.3, -0.25) is 19.2 Å². The molecule has 0 aromatic heterocycles. The van der Waals surface area contributed by atoms with Gasteiger partial charge >= 0.3 is 17.9 Å². The third-order valence-corrected chi connectivity index (χ3v) is 4.16. The van der Waals surface area contributed by atoms with Gasteiger partial charge in [0.1, 0.15) is 24.1 Å². The summed E-state index contributed by atoms with van der Waals surface area (Å²) in [6, 6.07) is 0. The summed E-state index contributed by atoms with van der Waals surface area (Å²) >= 11 is 0. The van der Waals surface area contributed by atoms with Gasteiger partial charge in [-0.05, 0) is 32.6 Å². The highest BCUT2D eigenvalue weighted by atomic mass is 16.6. The highest BCUT2D eigenvalue weighted by Crippen LogP contribution is 2.20. The highest BCUT2D eigenvalue weighted by Gasteiger charge is 2.30. The van der Waals surface area contributed by atoms with Crippen LogP contribution in [0.15, 0.2) is 0 Å². The first-order chi connectivity index (χ1) is 13.3. The average Bonchev–Trinajstić information content (AvgIpc) is 2.50. The van der Waals surface area contributed by atoms with E-state index < -0.39 is 12.1 Å². The molecule has 1 N–H and O–H groups in total. The number of carbonyl (C=O) groups excluding carboxylic acids is 4. The fourth-order valence-electron chi connectivity index (χ4n) is 2.30. The van der Waals surface area contributed by atoms with Gasteiger partial charge in [-0.25, -0.2) is 0 Å². The highest BCUT2D eigenvalue weighted by molar-refractivity contribution is 5.77. The predicted molar refractivity (Wildman–Crippen MR) is 106 cm³/mol. The molecule has 2 rings (SSSR count). The zero-order valence-electron chi connectivity index (χ0n) is 18.6. The zero-order chi connectivity index (χ0) is 22.7. The van der Waals surface area contributed by atoms with Crippen LogP contribution in [0.3, 0.4) is 0 Å². The maximum Gasteiger partial charge on any atom is 0.309 e. The maximum absolute atomic E-state index is 11.3. The van der Waals surface area contributed by atoms with Gasteiger partial charge in [0.15, 0.2) is 0 Å². The van der Waals surface area contributed by atoms with Crippen molar-refractivity contribution in [3.8, 4) is 0 Å². The third-order valence-electron chi connectivity index (χ3n) is 4.16. The summed E-state index contributed by atoms with van der Waals surface area (Å²) in [5, 5.41) is 8.99. The summed E-state index contributed by atoms with van der Waals surface area (Å²) < 4.78 is 14.4. The minimum atomic E-state index is -0.706. The molecule has 2 fully saturated rings. The number of cyclic esters (lactones) is 2. The SMILES string of the molecule is CC(=O)CC(OC(=O)CC(C)O)C(C)C.CC(C)C1CC(=O)O1.CC1CC(=O)O1. The normalized spacial score (nSPS) is 21.7. The van der Waals surface area contributed by atoms with Crippen molar-refractivity contribution in [2.45, 2.75) is 98.6 Å². The van der Waals surface area contributed by atoms with Crippen LogP contribution < -0.4 is 0 Å². The smallest absolute Gasteiger partial charge is 0.309 e. The second-order valence-electron chi connectivity index (χ2n) is 8.21. The number of esters is 3. The lowest BCUT2D eigenvalue weighted by atomic mass is 10.0. The van der Waals surface area contributed by atoms with Gasteiger partial charge in [0, 0.05) is 6.42 Å². The second-order valence-corrected chi connectivity index (χ2v) is 8.21. The van der Waals surface area contributed by atoms with Crippen LogP contribution in [0.2, 0.25) is 0 Å². The molecule has 0 saturated carbocycles. The number of hydrogen-bond acceptors (Lipinski definition) is 8. The number of ketones is 1. The molecular formula is C21H36O8. The first-order valence-electron chi connectivity index (χ1n) is 10.1. The summed E-state index contributed by atoms with van der Waals surface area (Å²) in [6.45, 7) is 12.8. The Bertz CT molecular complexity index is 537. The van der Waals surface area contributed by atoms with Gasteiger partial charge in [-0.15, -0.1) is 0 Å². The van der Waals surface area contributed by atoms with Crippen LogP contribution in [0.4, 0.5) is 0 Å². The van der Waals surface area contributed by atoms with Gasteiger partial charge in [-0.2, -0.15) is 0 Å². The van der Waals surface area contributed by atoms with Gasteiger partial charge in [-0.1, -0.05) is 27.7 Å². The molecule has 8 heteroatoms. The molecule has 0 spiro atoms. The average molecular weight is 417 g/mol. The largest absolute Gasteiger partial charge is 0.462 e. The molecule has 0 aliphatic carbocycles. The minimum Gasteiger partial charge on any atom is -0.462 e. The Kier molecular flexibility index (Phi) is 12.4. The van der Waals surface area contributed by atoms with Crippen LogP contribution in [0.1, 0.15) is 74.1 Å². The number of carbonyl (C=O) groups is 4. The molecule has 8 nitrogen and oxygen atoms in total. The topological polar surface area (TPSA) is 116 Å². The molecular weight excluding hydrogens is 380 g/mol. The third kappa shape index (κ3) is 13.0. The molecule has 2 heterocycles. The molecule has 168 valence electrons. The quantitative estimate of drug-likeness (QED) is 0.497. The van der Waals surface area contributed by atoms with Gasteiger partial charge in [0.2, 0.25) is 0 Å². The molecule has 0 aromatic carbocycles. The molecule has 0 aromatic rings. The van der Waals surface area contributed by atoms with E-state index in [0.29, 0.717) is 18.8 Å². The van der Waals surface area contributed by atoms with E-state index in [1.165, 1.54) is 13.8 Å². The molecule has 2 aliphatic heterocycles. The summed E-state index contributed by atoms with van der Waals surface area (Å²) in [7, 11) is 0. The number of aliphatic hydroxyl groups is 1. The molecule has 29 heavy (non-hydrogen) atoms. The lowest BCUT2D eigenvalue weighted by Gasteiger charge is -2.28. The van der Waals surface area contributed by atoms with E-state index in [1.54, 1.807) is 0 Å². The first-order valence-corrected chi connectivity index (χ1v) is 10.1. The Morgan fingerprint density at radius 2 is 1.52 bits per heavy atom. The Balaban J connectivity index is 0.000000460. The second kappa shape index (κ2) is 13.3. The van der Waals surface area contributed by atoms with E-state index in [-0.39, 0.29) is 54.8 Å². The molecule has 0 radical (unpaired) electrons. The van der Waals surface area contributed by atoms with Crippen LogP contribution in [0.25, 0.3) is 0 Å². The van der Waals surface area contributed by atoms with Crippen molar-refractivity contribution >= 4 is 23.7 Å². The standard InChI is InChI=1S/C11H20O4.C6H10O2.C4H6O2/c1-7(2)10(5-8(3)12)15-11(14)6-9(4)13;1-4(2)5-3-6(7)8-5;1-3-2-4(5)6-3/h7,9-10,13H,5-6H2,1-4H3;4-5H,3H2,1-2H3;3H,2H2,1H3. The van der Waals surface area contributed by atoms with Gasteiger partial charge in [0.25, 0.3) is 0 Å². The fourth-order valence-corrected chi connectivity index (χ4v) is 2.30. The Morgan fingerprint density at radius 3 is 1.72 bits per heavy atom. The van der Waals surface area contributed by atoms with Gasteiger partial charge < -0.3 is 19.3 Å². The van der Waals surface area contributed by atoms with Crippen LogP contribution in [0.5, 0.6) is 0 Å².